The van der Waals surface area contributed by atoms with E-state index in [1.807, 2.05) is 74.5 Å². The van der Waals surface area contributed by atoms with Gasteiger partial charge in [-0.2, -0.15) is 0 Å². The Balaban J connectivity index is 1.58. The van der Waals surface area contributed by atoms with Gasteiger partial charge < -0.3 is 10.8 Å². The molecule has 1 aliphatic heterocycles. The van der Waals surface area contributed by atoms with Gasteiger partial charge in [-0.05, 0) is 44.7 Å². The van der Waals surface area contributed by atoms with Crippen LogP contribution in [-0.2, 0) is 5.54 Å². The first-order valence-electron chi connectivity index (χ1n) is 11.7. The maximum Gasteiger partial charge on any atom is 0.177 e. The monoisotopic (exact) mass is 466 g/mol. The largest absolute Gasteiger partial charge is 0.390 e. The molecule has 35 heavy (non-hydrogen) atoms. The molecule has 1 saturated carbocycles. The smallest absolute Gasteiger partial charge is 0.177 e. The zero-order valence-corrected chi connectivity index (χ0v) is 20.1. The lowest BCUT2D eigenvalue weighted by atomic mass is 9.63. The highest BCUT2D eigenvalue weighted by molar-refractivity contribution is 5.91. The van der Waals surface area contributed by atoms with E-state index in [0.717, 1.165) is 33.7 Å². The van der Waals surface area contributed by atoms with Crippen LogP contribution in [0.3, 0.4) is 0 Å². The molecule has 0 atom stereocenters. The molecule has 0 radical (unpaired) electrons. The van der Waals surface area contributed by atoms with Crippen molar-refractivity contribution >= 4 is 12.0 Å². The van der Waals surface area contributed by atoms with Crippen LogP contribution in [0.5, 0.6) is 0 Å². The first-order chi connectivity index (χ1) is 16.7. The minimum atomic E-state index is -0.709. The molecule has 0 amide bonds. The van der Waals surface area contributed by atoms with Gasteiger partial charge in [0, 0.05) is 16.7 Å². The van der Waals surface area contributed by atoms with E-state index < -0.39 is 11.1 Å². The molecule has 2 aliphatic rings. The van der Waals surface area contributed by atoms with Crippen LogP contribution < -0.4 is 16.6 Å². The number of nitrogens with zero attached hydrogens (tertiary/aromatic N) is 4. The predicted octanol–water partition coefficient (Wildman–Crippen LogP) is 4.43. The highest BCUT2D eigenvalue weighted by Crippen LogP contribution is 2.46. The molecule has 1 aliphatic carbocycles. The first-order valence-corrected chi connectivity index (χ1v) is 11.7. The van der Waals surface area contributed by atoms with Crippen molar-refractivity contribution in [2.45, 2.75) is 44.2 Å². The highest BCUT2D eigenvalue weighted by atomic mass is 16.3. The minimum absolute atomic E-state index is 0.515. The Bertz CT molecular complexity index is 1330. The van der Waals surface area contributed by atoms with Crippen molar-refractivity contribution in [3.63, 3.8) is 0 Å². The van der Waals surface area contributed by atoms with Crippen LogP contribution in [-0.4, -0.2) is 26.9 Å². The van der Waals surface area contributed by atoms with Crippen molar-refractivity contribution in [1.82, 2.24) is 9.97 Å². The molecule has 2 aromatic carbocycles. The Hall–Kier alpha value is -3.65. The summed E-state index contributed by atoms with van der Waals surface area (Å²) in [6.07, 6.45) is 5.38. The lowest BCUT2D eigenvalue weighted by molar-refractivity contribution is -0.0738. The summed E-state index contributed by atoms with van der Waals surface area (Å²) in [5.41, 5.74) is 11.3. The zero-order chi connectivity index (χ0) is 24.8. The van der Waals surface area contributed by atoms with E-state index in [2.05, 4.69) is 11.6 Å². The van der Waals surface area contributed by atoms with Crippen LogP contribution in [0.15, 0.2) is 83.6 Å². The van der Waals surface area contributed by atoms with Crippen LogP contribution in [0.2, 0.25) is 0 Å². The molecule has 0 saturated heterocycles. The Labute approximate surface area is 205 Å². The quantitative estimate of drug-likeness (QED) is 0.379. The van der Waals surface area contributed by atoms with Crippen LogP contribution in [0, 0.1) is 0 Å². The predicted molar refractivity (Wildman–Crippen MR) is 140 cm³/mol. The molecule has 5 rings (SSSR count). The third-order valence-electron chi connectivity index (χ3n) is 6.50. The number of hydrogen-bond acceptors (Lipinski definition) is 7. The van der Waals surface area contributed by atoms with E-state index in [1.165, 1.54) is 5.01 Å². The molecule has 0 unspecified atom stereocenters. The number of allylic oxidation sites excluding steroid dienone is 2. The summed E-state index contributed by atoms with van der Waals surface area (Å²) >= 11 is 0. The second-order valence-corrected chi connectivity index (χ2v) is 9.93. The van der Waals surface area contributed by atoms with Gasteiger partial charge in [0.05, 0.1) is 23.2 Å². The SMILES string of the molecule is C=C(C)C/C=C1/N=Cc2nc(-c3ccccc3)c(-c3ccc([C@]4(N)C[C@](C)(O)C4)cc3)nc2N1N. The maximum atomic E-state index is 10.2. The molecule has 7 nitrogen and oxygen atoms in total. The summed E-state index contributed by atoms with van der Waals surface area (Å²) in [5, 5.41) is 11.7. The van der Waals surface area contributed by atoms with Crippen molar-refractivity contribution in [3.05, 3.63) is 89.9 Å². The fraction of sp³-hybridized carbons (Fsp3) is 0.250. The summed E-state index contributed by atoms with van der Waals surface area (Å²) < 4.78 is 0. The molecule has 0 bridgehead atoms. The van der Waals surface area contributed by atoms with Gasteiger partial charge in [0.1, 0.15) is 11.5 Å². The number of fused-ring (bicyclic) bond motifs is 1. The fourth-order valence-electron chi connectivity index (χ4n) is 4.89. The summed E-state index contributed by atoms with van der Waals surface area (Å²) in [6, 6.07) is 18.0. The minimum Gasteiger partial charge on any atom is -0.390 e. The van der Waals surface area contributed by atoms with Crippen molar-refractivity contribution in [3.8, 4) is 22.5 Å². The number of nitrogens with two attached hydrogens (primary N) is 2. The van der Waals surface area contributed by atoms with Gasteiger partial charge in [-0.15, -0.1) is 0 Å². The van der Waals surface area contributed by atoms with Gasteiger partial charge >= 0.3 is 0 Å². The van der Waals surface area contributed by atoms with E-state index >= 15 is 0 Å². The number of aliphatic hydroxyl groups is 1. The van der Waals surface area contributed by atoms with Gasteiger partial charge in [0.15, 0.2) is 5.82 Å². The molecule has 7 heteroatoms. The zero-order valence-electron chi connectivity index (χ0n) is 20.1. The van der Waals surface area contributed by atoms with Crippen LogP contribution in [0.4, 0.5) is 5.82 Å². The van der Waals surface area contributed by atoms with E-state index in [9.17, 15) is 5.11 Å². The average Bonchev–Trinajstić information content (AvgIpc) is 2.82. The fourth-order valence-corrected chi connectivity index (χ4v) is 4.89. The van der Waals surface area contributed by atoms with Gasteiger partial charge in [0.25, 0.3) is 0 Å². The van der Waals surface area contributed by atoms with Crippen molar-refractivity contribution in [2.24, 2.45) is 16.6 Å². The Morgan fingerprint density at radius 1 is 1.06 bits per heavy atom. The summed E-state index contributed by atoms with van der Waals surface area (Å²) in [6.45, 7) is 7.73. The van der Waals surface area contributed by atoms with Gasteiger partial charge in [0.2, 0.25) is 0 Å². The van der Waals surface area contributed by atoms with E-state index in [4.69, 9.17) is 21.5 Å². The number of hydrogen-bond donors (Lipinski definition) is 3. The van der Waals surface area contributed by atoms with E-state index in [1.54, 1.807) is 6.21 Å². The lowest BCUT2D eigenvalue weighted by Gasteiger charge is -2.49. The van der Waals surface area contributed by atoms with Crippen LogP contribution in [0.1, 0.15) is 44.4 Å². The summed E-state index contributed by atoms with van der Waals surface area (Å²) in [5.74, 6) is 7.57. The van der Waals surface area contributed by atoms with Gasteiger partial charge in [-0.3, -0.25) is 0 Å². The van der Waals surface area contributed by atoms with Crippen LogP contribution in [0.25, 0.3) is 22.5 Å². The van der Waals surface area contributed by atoms with E-state index in [-0.39, 0.29) is 0 Å². The van der Waals surface area contributed by atoms with Crippen molar-refractivity contribution in [2.75, 3.05) is 5.01 Å². The highest BCUT2D eigenvalue weighted by Gasteiger charge is 2.49. The maximum absolute atomic E-state index is 10.2. The molecular formula is C28H30N6O. The number of aromatic nitrogens is 2. The van der Waals surface area contributed by atoms with Crippen LogP contribution >= 0.6 is 0 Å². The Kier molecular flexibility index (Phi) is 5.63. The third kappa shape index (κ3) is 4.41. The Morgan fingerprint density at radius 2 is 1.69 bits per heavy atom. The Morgan fingerprint density at radius 3 is 2.31 bits per heavy atom. The molecule has 1 fully saturated rings. The molecule has 178 valence electrons. The number of hydrazine groups is 1. The standard InChI is InChI=1S/C28H30N6O/c1-18(2)9-14-23-31-15-22-26(34(23)30)33-25(24(32-22)19-7-5-4-6-8-19)20-10-12-21(13-11-20)28(29)16-27(3,35)17-28/h4-8,10-15,35H,1,9,16-17,29-30H2,2-3H3/b23-14-/t27-,28-. The van der Waals surface area contributed by atoms with Crippen molar-refractivity contribution in [1.29, 1.82) is 0 Å². The van der Waals surface area contributed by atoms with Gasteiger partial charge in [-0.25, -0.2) is 25.8 Å². The molecule has 5 N–H and O–H groups in total. The molecule has 1 aromatic heterocycles. The lowest BCUT2D eigenvalue weighted by Crippen LogP contribution is -2.58. The van der Waals surface area contributed by atoms with E-state index in [0.29, 0.717) is 36.6 Å². The average molecular weight is 467 g/mol. The summed E-state index contributed by atoms with van der Waals surface area (Å²) in [4.78, 5) is 14.4. The number of anilines is 1. The number of rotatable bonds is 5. The molecule has 0 spiro atoms. The third-order valence-corrected chi connectivity index (χ3v) is 6.50. The number of benzene rings is 2. The van der Waals surface area contributed by atoms with Gasteiger partial charge in [-0.1, -0.05) is 66.7 Å². The molecule has 2 heterocycles. The number of aliphatic imine (C=N–C) groups is 1. The molecule has 3 aromatic rings. The normalized spacial score (nSPS) is 24.3. The summed E-state index contributed by atoms with van der Waals surface area (Å²) in [7, 11) is 0. The second-order valence-electron chi connectivity index (χ2n) is 9.93. The van der Waals surface area contributed by atoms with Crippen molar-refractivity contribution < 1.29 is 5.11 Å². The molecular weight excluding hydrogens is 436 g/mol. The first kappa shape index (κ1) is 23.1. The topological polar surface area (TPSA) is 114 Å². The second kappa shape index (κ2) is 8.53.